The average Bonchev–Trinajstić information content (AvgIpc) is 2.20. The first-order chi connectivity index (χ1) is 7.11. The van der Waals surface area contributed by atoms with Crippen molar-refractivity contribution in [2.24, 2.45) is 11.7 Å². The number of nitrogens with two attached hydrogens (primary N) is 1. The Morgan fingerprint density at radius 1 is 1.47 bits per heavy atom. The first-order valence-corrected chi connectivity index (χ1v) is 6.23. The van der Waals surface area contributed by atoms with Gasteiger partial charge in [0.2, 0.25) is 0 Å². The molecular weight excluding hydrogens is 204 g/mol. The van der Waals surface area contributed by atoms with Crippen molar-refractivity contribution in [3.8, 4) is 0 Å². The number of hydrogen-bond donors (Lipinski definition) is 2. The standard InChI is InChI=1S/C12H18N2S/c1-9-5-3-4-6-11(9)8-15-7-10(2)12(13)14/h3-6,10H,7-8H2,1-2H3,(H3,13,14). The predicted octanol–water partition coefficient (Wildman–Crippen LogP) is 2.80. The van der Waals surface area contributed by atoms with Crippen molar-refractivity contribution in [1.29, 1.82) is 5.41 Å². The quantitative estimate of drug-likeness (QED) is 0.594. The zero-order valence-corrected chi connectivity index (χ0v) is 10.1. The molecule has 3 N–H and O–H groups in total. The topological polar surface area (TPSA) is 49.9 Å². The van der Waals surface area contributed by atoms with Crippen molar-refractivity contribution in [1.82, 2.24) is 0 Å². The molecule has 0 bridgehead atoms. The summed E-state index contributed by atoms with van der Waals surface area (Å²) in [6.07, 6.45) is 0. The second-order valence-corrected chi connectivity index (χ2v) is 4.83. The minimum Gasteiger partial charge on any atom is -0.387 e. The monoisotopic (exact) mass is 222 g/mol. The van der Waals surface area contributed by atoms with Crippen LogP contribution in [-0.2, 0) is 5.75 Å². The first kappa shape index (κ1) is 12.1. The summed E-state index contributed by atoms with van der Waals surface area (Å²) in [5.74, 6) is 2.39. The zero-order valence-electron chi connectivity index (χ0n) is 9.29. The third-order valence-corrected chi connectivity index (χ3v) is 3.67. The Balaban J connectivity index is 2.38. The third kappa shape index (κ3) is 3.96. The molecule has 0 amide bonds. The van der Waals surface area contributed by atoms with Crippen molar-refractivity contribution in [3.05, 3.63) is 35.4 Å². The van der Waals surface area contributed by atoms with E-state index < -0.39 is 0 Å². The summed E-state index contributed by atoms with van der Waals surface area (Å²) < 4.78 is 0. The van der Waals surface area contributed by atoms with E-state index in [9.17, 15) is 0 Å². The van der Waals surface area contributed by atoms with Crippen LogP contribution >= 0.6 is 11.8 Å². The van der Waals surface area contributed by atoms with Crippen LogP contribution in [0.5, 0.6) is 0 Å². The molecule has 0 radical (unpaired) electrons. The van der Waals surface area contributed by atoms with E-state index >= 15 is 0 Å². The smallest absolute Gasteiger partial charge is 0.0942 e. The fraction of sp³-hybridized carbons (Fsp3) is 0.417. The van der Waals surface area contributed by atoms with E-state index in [0.29, 0.717) is 0 Å². The largest absolute Gasteiger partial charge is 0.387 e. The Morgan fingerprint density at radius 3 is 2.73 bits per heavy atom. The number of hydrogen-bond acceptors (Lipinski definition) is 2. The predicted molar refractivity (Wildman–Crippen MR) is 68.4 cm³/mol. The van der Waals surface area contributed by atoms with E-state index in [2.05, 4.69) is 31.2 Å². The zero-order chi connectivity index (χ0) is 11.3. The maximum atomic E-state index is 7.29. The Morgan fingerprint density at radius 2 is 2.13 bits per heavy atom. The van der Waals surface area contributed by atoms with Crippen LogP contribution in [0.25, 0.3) is 0 Å². The van der Waals surface area contributed by atoms with Crippen molar-refractivity contribution in [2.75, 3.05) is 5.75 Å². The summed E-state index contributed by atoms with van der Waals surface area (Å²) in [6, 6.07) is 8.41. The molecule has 0 fully saturated rings. The molecule has 1 atom stereocenters. The molecule has 3 heteroatoms. The van der Waals surface area contributed by atoms with E-state index in [0.717, 1.165) is 11.5 Å². The van der Waals surface area contributed by atoms with Crippen LogP contribution in [0.2, 0.25) is 0 Å². The van der Waals surface area contributed by atoms with Crippen LogP contribution in [0.15, 0.2) is 24.3 Å². The van der Waals surface area contributed by atoms with E-state index in [-0.39, 0.29) is 11.8 Å². The van der Waals surface area contributed by atoms with E-state index in [1.165, 1.54) is 11.1 Å². The molecule has 0 aliphatic carbocycles. The van der Waals surface area contributed by atoms with Crippen LogP contribution in [0.3, 0.4) is 0 Å². The van der Waals surface area contributed by atoms with Crippen molar-refractivity contribution < 1.29 is 0 Å². The van der Waals surface area contributed by atoms with Crippen molar-refractivity contribution in [3.63, 3.8) is 0 Å². The van der Waals surface area contributed by atoms with Gasteiger partial charge in [-0.3, -0.25) is 5.41 Å². The molecule has 0 aliphatic rings. The molecule has 1 rings (SSSR count). The number of rotatable bonds is 5. The van der Waals surface area contributed by atoms with Gasteiger partial charge in [0, 0.05) is 17.4 Å². The molecule has 0 heterocycles. The van der Waals surface area contributed by atoms with Gasteiger partial charge < -0.3 is 5.73 Å². The summed E-state index contributed by atoms with van der Waals surface area (Å²) in [5.41, 5.74) is 8.12. The van der Waals surface area contributed by atoms with Gasteiger partial charge in [-0.2, -0.15) is 11.8 Å². The minimum absolute atomic E-state index is 0.180. The van der Waals surface area contributed by atoms with Gasteiger partial charge in [-0.05, 0) is 18.1 Å². The maximum Gasteiger partial charge on any atom is 0.0942 e. The summed E-state index contributed by atoms with van der Waals surface area (Å²) in [4.78, 5) is 0. The second-order valence-electron chi connectivity index (χ2n) is 3.80. The van der Waals surface area contributed by atoms with Crippen LogP contribution in [0.4, 0.5) is 0 Å². The van der Waals surface area contributed by atoms with E-state index in [1.807, 2.05) is 18.7 Å². The molecule has 0 saturated heterocycles. The van der Waals surface area contributed by atoms with Gasteiger partial charge in [0.15, 0.2) is 0 Å². The van der Waals surface area contributed by atoms with E-state index in [1.54, 1.807) is 0 Å². The van der Waals surface area contributed by atoms with Crippen LogP contribution in [-0.4, -0.2) is 11.6 Å². The third-order valence-electron chi connectivity index (χ3n) is 2.42. The Labute approximate surface area is 95.8 Å². The van der Waals surface area contributed by atoms with Crippen LogP contribution in [0.1, 0.15) is 18.1 Å². The molecule has 1 aromatic rings. The Hall–Kier alpha value is -0.960. The maximum absolute atomic E-state index is 7.29. The van der Waals surface area contributed by atoms with Gasteiger partial charge in [-0.1, -0.05) is 31.2 Å². The van der Waals surface area contributed by atoms with Crippen molar-refractivity contribution in [2.45, 2.75) is 19.6 Å². The number of thioether (sulfide) groups is 1. The number of amidine groups is 1. The minimum atomic E-state index is 0.180. The first-order valence-electron chi connectivity index (χ1n) is 5.07. The van der Waals surface area contributed by atoms with Gasteiger partial charge in [-0.15, -0.1) is 0 Å². The fourth-order valence-corrected chi connectivity index (χ4v) is 2.40. The van der Waals surface area contributed by atoms with Crippen molar-refractivity contribution >= 4 is 17.6 Å². The van der Waals surface area contributed by atoms with Gasteiger partial charge in [0.05, 0.1) is 5.84 Å². The summed E-state index contributed by atoms with van der Waals surface area (Å²) >= 11 is 1.84. The van der Waals surface area contributed by atoms with Gasteiger partial charge >= 0.3 is 0 Å². The average molecular weight is 222 g/mol. The molecule has 1 unspecified atom stereocenters. The van der Waals surface area contributed by atoms with Crippen LogP contribution in [0, 0.1) is 18.3 Å². The fourth-order valence-electron chi connectivity index (χ4n) is 1.21. The lowest BCUT2D eigenvalue weighted by atomic mass is 10.1. The SMILES string of the molecule is Cc1ccccc1CSCC(C)C(=N)N. The van der Waals surface area contributed by atoms with Gasteiger partial charge in [-0.25, -0.2) is 0 Å². The highest BCUT2D eigenvalue weighted by Gasteiger charge is 2.05. The number of aryl methyl sites for hydroxylation is 1. The van der Waals surface area contributed by atoms with Crippen LogP contribution < -0.4 is 5.73 Å². The summed E-state index contributed by atoms with van der Waals surface area (Å²) in [5, 5.41) is 7.29. The molecule has 1 aromatic carbocycles. The van der Waals surface area contributed by atoms with Gasteiger partial charge in [0.25, 0.3) is 0 Å². The molecule has 0 aromatic heterocycles. The molecule has 2 nitrogen and oxygen atoms in total. The lowest BCUT2D eigenvalue weighted by Gasteiger charge is -2.09. The molecule has 15 heavy (non-hydrogen) atoms. The number of benzene rings is 1. The second kappa shape index (κ2) is 5.81. The molecular formula is C12H18N2S. The Kier molecular flexibility index (Phi) is 4.69. The summed E-state index contributed by atoms with van der Waals surface area (Å²) in [6.45, 7) is 4.12. The Bertz CT molecular complexity index is 336. The molecule has 82 valence electrons. The normalized spacial score (nSPS) is 12.4. The lowest BCUT2D eigenvalue weighted by Crippen LogP contribution is -2.21. The lowest BCUT2D eigenvalue weighted by molar-refractivity contribution is 0.879. The summed E-state index contributed by atoms with van der Waals surface area (Å²) in [7, 11) is 0. The molecule has 0 saturated carbocycles. The molecule has 0 aliphatic heterocycles. The highest BCUT2D eigenvalue weighted by molar-refractivity contribution is 7.98. The highest BCUT2D eigenvalue weighted by Crippen LogP contribution is 2.17. The highest BCUT2D eigenvalue weighted by atomic mass is 32.2. The molecule has 0 spiro atoms. The van der Waals surface area contributed by atoms with E-state index in [4.69, 9.17) is 11.1 Å². The van der Waals surface area contributed by atoms with Gasteiger partial charge in [0.1, 0.15) is 0 Å². The number of nitrogens with one attached hydrogen (secondary N) is 1.